The Bertz CT molecular complexity index is 707. The molecule has 0 amide bonds. The third-order valence-corrected chi connectivity index (χ3v) is 5.45. The third kappa shape index (κ3) is 3.05. The summed E-state index contributed by atoms with van der Waals surface area (Å²) < 4.78 is 50.0. The fraction of sp³-hybridized carbons (Fsp3) is 0.0833. The number of benzene rings is 1. The smallest absolute Gasteiger partial charge is 0.195 e. The van der Waals surface area contributed by atoms with E-state index in [9.17, 15) is 22.0 Å². The minimum absolute atomic E-state index is 0.0256. The third-order valence-electron chi connectivity index (χ3n) is 2.35. The molecule has 0 aliphatic carbocycles. The molecule has 1 heterocycles. The van der Waals surface area contributed by atoms with Gasteiger partial charge in [-0.05, 0) is 29.6 Å². The molecule has 0 spiro atoms. The van der Waals surface area contributed by atoms with Gasteiger partial charge in [-0.2, -0.15) is 0 Å². The summed E-state index contributed by atoms with van der Waals surface area (Å²) in [7, 11) is -3.81. The Hall–Kier alpha value is -1.60. The van der Waals surface area contributed by atoms with E-state index >= 15 is 0 Å². The van der Waals surface area contributed by atoms with Crippen molar-refractivity contribution in [2.24, 2.45) is 0 Å². The molecule has 0 aliphatic rings. The zero-order chi connectivity index (χ0) is 14.0. The van der Waals surface area contributed by atoms with E-state index in [0.29, 0.717) is 6.07 Å². The van der Waals surface area contributed by atoms with Gasteiger partial charge >= 0.3 is 0 Å². The Kier molecular flexibility index (Phi) is 3.77. The van der Waals surface area contributed by atoms with E-state index in [-0.39, 0.29) is 4.21 Å². The second-order valence-corrected chi connectivity index (χ2v) is 6.90. The van der Waals surface area contributed by atoms with Gasteiger partial charge in [0, 0.05) is 0 Å². The van der Waals surface area contributed by atoms with Crippen molar-refractivity contribution >= 4 is 27.0 Å². The van der Waals surface area contributed by atoms with Crippen LogP contribution in [0.15, 0.2) is 39.9 Å². The van der Waals surface area contributed by atoms with Crippen molar-refractivity contribution in [1.82, 2.24) is 0 Å². The van der Waals surface area contributed by atoms with E-state index in [1.807, 2.05) is 0 Å². The summed E-state index contributed by atoms with van der Waals surface area (Å²) in [6, 6.07) is 5.24. The van der Waals surface area contributed by atoms with Gasteiger partial charge in [-0.1, -0.05) is 6.07 Å². The van der Waals surface area contributed by atoms with Crippen molar-refractivity contribution in [3.05, 3.63) is 52.9 Å². The highest BCUT2D eigenvalue weighted by Crippen LogP contribution is 2.19. The lowest BCUT2D eigenvalue weighted by Gasteiger charge is -2.03. The summed E-state index contributed by atoms with van der Waals surface area (Å²) in [5.41, 5.74) is -0.555. The van der Waals surface area contributed by atoms with Gasteiger partial charge in [0.25, 0.3) is 0 Å². The molecular formula is C12H8F2O3S2. The molecule has 0 bridgehead atoms. The molecule has 1 aromatic carbocycles. The predicted octanol–water partition coefficient (Wildman–Crippen LogP) is 2.68. The maximum absolute atomic E-state index is 13.4. The first kappa shape index (κ1) is 13.8. The molecule has 100 valence electrons. The molecule has 0 unspecified atom stereocenters. The fourth-order valence-electron chi connectivity index (χ4n) is 1.47. The quantitative estimate of drug-likeness (QED) is 0.816. The first-order valence-electron chi connectivity index (χ1n) is 5.14. The van der Waals surface area contributed by atoms with Gasteiger partial charge in [0.15, 0.2) is 15.6 Å². The zero-order valence-electron chi connectivity index (χ0n) is 9.47. The topological polar surface area (TPSA) is 51.2 Å². The van der Waals surface area contributed by atoms with Crippen LogP contribution in [0.2, 0.25) is 0 Å². The van der Waals surface area contributed by atoms with Gasteiger partial charge in [-0.3, -0.25) is 4.79 Å². The van der Waals surface area contributed by atoms with Crippen molar-refractivity contribution in [3.63, 3.8) is 0 Å². The SMILES string of the molecule is O=C(CS(=O)(=O)c1cccs1)c1cc(F)ccc1F. The van der Waals surface area contributed by atoms with E-state index in [1.54, 1.807) is 5.38 Å². The van der Waals surface area contributed by atoms with Crippen molar-refractivity contribution in [1.29, 1.82) is 0 Å². The summed E-state index contributed by atoms with van der Waals surface area (Å²) in [6.45, 7) is 0. The van der Waals surface area contributed by atoms with Gasteiger partial charge < -0.3 is 0 Å². The lowest BCUT2D eigenvalue weighted by atomic mass is 10.1. The molecule has 19 heavy (non-hydrogen) atoms. The normalized spacial score (nSPS) is 11.5. The highest BCUT2D eigenvalue weighted by atomic mass is 32.2. The summed E-state index contributed by atoms with van der Waals surface area (Å²) in [6.07, 6.45) is 0. The van der Waals surface area contributed by atoms with Crippen LogP contribution in [-0.4, -0.2) is 20.0 Å². The highest BCUT2D eigenvalue weighted by molar-refractivity contribution is 7.94. The van der Waals surface area contributed by atoms with Crippen LogP contribution < -0.4 is 0 Å². The molecule has 0 saturated carbocycles. The molecule has 3 nitrogen and oxygen atoms in total. The first-order valence-corrected chi connectivity index (χ1v) is 7.68. The Morgan fingerprint density at radius 2 is 1.95 bits per heavy atom. The van der Waals surface area contributed by atoms with Gasteiger partial charge in [-0.15, -0.1) is 11.3 Å². The number of Topliss-reactive ketones (excluding diaryl/α,β-unsaturated/α-hetero) is 1. The van der Waals surface area contributed by atoms with Crippen molar-refractivity contribution in [2.75, 3.05) is 5.75 Å². The van der Waals surface area contributed by atoms with Crippen LogP contribution in [-0.2, 0) is 9.84 Å². The number of ketones is 1. The van der Waals surface area contributed by atoms with Gasteiger partial charge in [0.2, 0.25) is 0 Å². The van der Waals surface area contributed by atoms with Crippen LogP contribution in [0.25, 0.3) is 0 Å². The molecule has 0 radical (unpaired) electrons. The minimum atomic E-state index is -3.81. The van der Waals surface area contributed by atoms with E-state index in [0.717, 1.165) is 23.5 Å². The van der Waals surface area contributed by atoms with E-state index in [2.05, 4.69) is 0 Å². The lowest BCUT2D eigenvalue weighted by Crippen LogP contribution is -2.17. The maximum atomic E-state index is 13.4. The Morgan fingerprint density at radius 3 is 2.58 bits per heavy atom. The molecule has 2 rings (SSSR count). The van der Waals surface area contributed by atoms with Crippen LogP contribution in [0.1, 0.15) is 10.4 Å². The zero-order valence-corrected chi connectivity index (χ0v) is 11.1. The van der Waals surface area contributed by atoms with E-state index < -0.39 is 38.6 Å². The predicted molar refractivity (Wildman–Crippen MR) is 67.1 cm³/mol. The van der Waals surface area contributed by atoms with Crippen LogP contribution in [0.4, 0.5) is 8.78 Å². The number of rotatable bonds is 4. The summed E-state index contributed by atoms with van der Waals surface area (Å²) >= 11 is 0.966. The summed E-state index contributed by atoms with van der Waals surface area (Å²) in [5.74, 6) is -3.58. The van der Waals surface area contributed by atoms with Crippen molar-refractivity contribution < 1.29 is 22.0 Å². The average Bonchev–Trinajstić information content (AvgIpc) is 2.86. The number of sulfone groups is 1. The Balaban J connectivity index is 2.29. The fourth-order valence-corrected chi connectivity index (χ4v) is 3.78. The van der Waals surface area contributed by atoms with Crippen molar-refractivity contribution in [3.8, 4) is 0 Å². The molecule has 0 fully saturated rings. The van der Waals surface area contributed by atoms with Crippen LogP contribution in [0, 0.1) is 11.6 Å². The van der Waals surface area contributed by atoms with Gasteiger partial charge in [0.05, 0.1) is 5.56 Å². The second kappa shape index (κ2) is 5.18. The average molecular weight is 302 g/mol. The molecule has 0 aliphatic heterocycles. The summed E-state index contributed by atoms with van der Waals surface area (Å²) in [5, 5.41) is 1.56. The van der Waals surface area contributed by atoms with E-state index in [4.69, 9.17) is 0 Å². The number of thiophene rings is 1. The molecular weight excluding hydrogens is 294 g/mol. The highest BCUT2D eigenvalue weighted by Gasteiger charge is 2.23. The Morgan fingerprint density at radius 1 is 1.21 bits per heavy atom. The molecule has 1 aromatic heterocycles. The molecule has 0 N–H and O–H groups in total. The van der Waals surface area contributed by atoms with Gasteiger partial charge in [-0.25, -0.2) is 17.2 Å². The van der Waals surface area contributed by atoms with Gasteiger partial charge in [0.1, 0.15) is 21.6 Å². The standard InChI is InChI=1S/C12H8F2O3S2/c13-8-3-4-10(14)9(6-8)11(15)7-19(16,17)12-2-1-5-18-12/h1-6H,7H2. The number of carbonyl (C=O) groups is 1. The Labute approximate surface area is 112 Å². The molecule has 0 saturated heterocycles. The molecule has 0 atom stereocenters. The number of hydrogen-bond acceptors (Lipinski definition) is 4. The number of carbonyl (C=O) groups excluding carboxylic acids is 1. The second-order valence-electron chi connectivity index (χ2n) is 3.74. The van der Waals surface area contributed by atoms with E-state index in [1.165, 1.54) is 12.1 Å². The summed E-state index contributed by atoms with van der Waals surface area (Å²) in [4.78, 5) is 11.7. The first-order chi connectivity index (χ1) is 8.90. The van der Waals surface area contributed by atoms with Crippen LogP contribution in [0.5, 0.6) is 0 Å². The monoisotopic (exact) mass is 302 g/mol. The molecule has 2 aromatic rings. The molecule has 7 heteroatoms. The van der Waals surface area contributed by atoms with Crippen LogP contribution in [0.3, 0.4) is 0 Å². The lowest BCUT2D eigenvalue weighted by molar-refractivity contribution is 0.101. The number of hydrogen-bond donors (Lipinski definition) is 0. The number of halogens is 2. The largest absolute Gasteiger partial charge is 0.293 e. The van der Waals surface area contributed by atoms with Crippen LogP contribution >= 0.6 is 11.3 Å². The minimum Gasteiger partial charge on any atom is -0.293 e. The van der Waals surface area contributed by atoms with Crippen molar-refractivity contribution in [2.45, 2.75) is 4.21 Å². The maximum Gasteiger partial charge on any atom is 0.195 e.